The molecule has 7 N–H and O–H groups in total. The van der Waals surface area contributed by atoms with E-state index in [9.17, 15) is 9.59 Å². The van der Waals surface area contributed by atoms with E-state index in [1.54, 1.807) is 0 Å². The lowest BCUT2D eigenvalue weighted by molar-refractivity contribution is -0.141. The quantitative estimate of drug-likeness (QED) is 0.336. The number of nitrogens with two attached hydrogens (primary N) is 2. The van der Waals surface area contributed by atoms with Gasteiger partial charge in [-0.15, -0.1) is 0 Å². The van der Waals surface area contributed by atoms with Crippen molar-refractivity contribution >= 4 is 11.9 Å². The number of aliphatic hydroxyl groups is 1. The minimum atomic E-state index is -1.41. The standard InChI is InChI=1S/C7H14N2O5/c8-3(6(11)12)1-2-4(10)5(9)7(13)14/h3-5,10H,1-2,8-9H2,(H,11,12)(H,13,14). The summed E-state index contributed by atoms with van der Waals surface area (Å²) in [6.07, 6.45) is -1.35. The third-order valence-electron chi connectivity index (χ3n) is 1.79. The van der Waals surface area contributed by atoms with Crippen LogP contribution in [-0.4, -0.2) is 45.4 Å². The smallest absolute Gasteiger partial charge is 0.323 e. The molecule has 0 aliphatic rings. The van der Waals surface area contributed by atoms with Crippen LogP contribution in [0.3, 0.4) is 0 Å². The summed E-state index contributed by atoms with van der Waals surface area (Å²) in [7, 11) is 0. The van der Waals surface area contributed by atoms with Crippen molar-refractivity contribution in [3.05, 3.63) is 0 Å². The second kappa shape index (κ2) is 5.53. The van der Waals surface area contributed by atoms with Crippen molar-refractivity contribution in [3.8, 4) is 0 Å². The number of rotatable bonds is 6. The number of hydrogen-bond donors (Lipinski definition) is 5. The lowest BCUT2D eigenvalue weighted by Gasteiger charge is -2.15. The Morgan fingerprint density at radius 2 is 1.57 bits per heavy atom. The summed E-state index contributed by atoms with van der Waals surface area (Å²) in [5.41, 5.74) is 10.2. The molecule has 0 aromatic rings. The molecule has 0 saturated carbocycles. The van der Waals surface area contributed by atoms with Crippen molar-refractivity contribution in [2.24, 2.45) is 11.5 Å². The first kappa shape index (κ1) is 12.8. The van der Waals surface area contributed by atoms with Crippen LogP contribution in [0.1, 0.15) is 12.8 Å². The zero-order chi connectivity index (χ0) is 11.3. The molecule has 3 unspecified atom stereocenters. The summed E-state index contributed by atoms with van der Waals surface area (Å²) in [5.74, 6) is -2.53. The summed E-state index contributed by atoms with van der Waals surface area (Å²) in [5, 5.41) is 25.9. The van der Waals surface area contributed by atoms with Crippen molar-refractivity contribution in [3.63, 3.8) is 0 Å². The van der Waals surface area contributed by atoms with Crippen LogP contribution in [0.15, 0.2) is 0 Å². The van der Waals surface area contributed by atoms with Gasteiger partial charge < -0.3 is 26.8 Å². The average Bonchev–Trinajstić information content (AvgIpc) is 2.11. The predicted molar refractivity (Wildman–Crippen MR) is 46.5 cm³/mol. The number of carbonyl (C=O) groups is 2. The van der Waals surface area contributed by atoms with Crippen molar-refractivity contribution in [2.75, 3.05) is 0 Å². The number of carboxylic acid groups (broad SMARTS) is 2. The first-order chi connectivity index (χ1) is 6.36. The normalized spacial score (nSPS) is 17.1. The molecule has 82 valence electrons. The summed E-state index contributed by atoms with van der Waals surface area (Å²) in [4.78, 5) is 20.5. The van der Waals surface area contributed by atoms with E-state index in [0.29, 0.717) is 0 Å². The molecule has 0 aliphatic heterocycles. The SMILES string of the molecule is NC(CCC(O)C(N)C(=O)O)C(=O)O. The number of hydrogen-bond acceptors (Lipinski definition) is 5. The average molecular weight is 206 g/mol. The molecule has 0 aliphatic carbocycles. The topological polar surface area (TPSA) is 147 Å². The van der Waals surface area contributed by atoms with Gasteiger partial charge in [-0.2, -0.15) is 0 Å². The molecule has 3 atom stereocenters. The third kappa shape index (κ3) is 4.17. The van der Waals surface area contributed by atoms with Gasteiger partial charge in [0, 0.05) is 0 Å². The van der Waals surface area contributed by atoms with Gasteiger partial charge in [-0.05, 0) is 12.8 Å². The van der Waals surface area contributed by atoms with E-state index in [1.807, 2.05) is 0 Å². The molecule has 14 heavy (non-hydrogen) atoms. The van der Waals surface area contributed by atoms with E-state index in [2.05, 4.69) is 0 Å². The molecule has 0 bridgehead atoms. The van der Waals surface area contributed by atoms with Gasteiger partial charge >= 0.3 is 11.9 Å². The van der Waals surface area contributed by atoms with Crippen molar-refractivity contribution in [1.29, 1.82) is 0 Å². The van der Waals surface area contributed by atoms with E-state index in [-0.39, 0.29) is 12.8 Å². The zero-order valence-electron chi connectivity index (χ0n) is 7.46. The largest absolute Gasteiger partial charge is 0.480 e. The Balaban J connectivity index is 3.90. The molecular weight excluding hydrogens is 192 g/mol. The molecule has 7 heteroatoms. The third-order valence-corrected chi connectivity index (χ3v) is 1.79. The molecule has 0 radical (unpaired) electrons. The number of carboxylic acids is 2. The van der Waals surface area contributed by atoms with Crippen LogP contribution >= 0.6 is 0 Å². The van der Waals surface area contributed by atoms with Crippen molar-refractivity contribution < 1.29 is 24.9 Å². The fourth-order valence-corrected chi connectivity index (χ4v) is 0.818. The molecule has 7 nitrogen and oxygen atoms in total. The van der Waals surface area contributed by atoms with Gasteiger partial charge in [0.2, 0.25) is 0 Å². The minimum absolute atomic E-state index is 0.0164. The van der Waals surface area contributed by atoms with Gasteiger partial charge in [0.1, 0.15) is 12.1 Å². The number of aliphatic carboxylic acids is 2. The van der Waals surface area contributed by atoms with Gasteiger partial charge in [0.05, 0.1) is 6.10 Å². The maximum absolute atomic E-state index is 10.3. The summed E-state index contributed by atoms with van der Waals surface area (Å²) >= 11 is 0. The van der Waals surface area contributed by atoms with E-state index in [1.165, 1.54) is 0 Å². The molecule has 0 spiro atoms. The van der Waals surface area contributed by atoms with E-state index >= 15 is 0 Å². The molecule has 0 rings (SSSR count). The van der Waals surface area contributed by atoms with Crippen molar-refractivity contribution in [1.82, 2.24) is 0 Å². The molecular formula is C7H14N2O5. The van der Waals surface area contributed by atoms with Crippen LogP contribution in [0, 0.1) is 0 Å². The second-order valence-corrected chi connectivity index (χ2v) is 2.95. The summed E-state index contributed by atoms with van der Waals surface area (Å²) < 4.78 is 0. The maximum Gasteiger partial charge on any atom is 0.323 e. The van der Waals surface area contributed by atoms with Crippen molar-refractivity contribution in [2.45, 2.75) is 31.0 Å². The monoisotopic (exact) mass is 206 g/mol. The van der Waals surface area contributed by atoms with Gasteiger partial charge in [0.15, 0.2) is 0 Å². The lowest BCUT2D eigenvalue weighted by atomic mass is 10.0. The van der Waals surface area contributed by atoms with Crippen LogP contribution in [0.4, 0.5) is 0 Å². The predicted octanol–water partition coefficient (Wildman–Crippen LogP) is -2.05. The maximum atomic E-state index is 10.3. The molecule has 0 fully saturated rings. The van der Waals surface area contributed by atoms with Gasteiger partial charge in [-0.1, -0.05) is 0 Å². The van der Waals surface area contributed by atoms with E-state index < -0.39 is 30.1 Å². The van der Waals surface area contributed by atoms with Gasteiger partial charge in [-0.3, -0.25) is 9.59 Å². The van der Waals surface area contributed by atoms with Crippen LogP contribution in [0.5, 0.6) is 0 Å². The molecule has 0 heterocycles. The second-order valence-electron chi connectivity index (χ2n) is 2.95. The van der Waals surface area contributed by atoms with Crippen LogP contribution in [-0.2, 0) is 9.59 Å². The van der Waals surface area contributed by atoms with Gasteiger partial charge in [0.25, 0.3) is 0 Å². The highest BCUT2D eigenvalue weighted by atomic mass is 16.4. The summed E-state index contributed by atoms with van der Waals surface area (Å²) in [6, 6.07) is -2.51. The Morgan fingerprint density at radius 1 is 1.07 bits per heavy atom. The van der Waals surface area contributed by atoms with Crippen LogP contribution in [0.2, 0.25) is 0 Å². The highest BCUT2D eigenvalue weighted by Crippen LogP contribution is 2.03. The Morgan fingerprint density at radius 3 is 1.93 bits per heavy atom. The molecule has 0 amide bonds. The molecule has 0 aromatic heterocycles. The number of aliphatic hydroxyl groups excluding tert-OH is 1. The lowest BCUT2D eigenvalue weighted by Crippen LogP contribution is -2.43. The first-order valence-electron chi connectivity index (χ1n) is 4.01. The van der Waals surface area contributed by atoms with Gasteiger partial charge in [-0.25, -0.2) is 0 Å². The fourth-order valence-electron chi connectivity index (χ4n) is 0.818. The van der Waals surface area contributed by atoms with E-state index in [4.69, 9.17) is 26.8 Å². The molecule has 0 aromatic carbocycles. The Bertz CT molecular complexity index is 220. The minimum Gasteiger partial charge on any atom is -0.480 e. The van der Waals surface area contributed by atoms with E-state index in [0.717, 1.165) is 0 Å². The Kier molecular flexibility index (Phi) is 5.06. The molecule has 0 saturated heterocycles. The summed E-state index contributed by atoms with van der Waals surface area (Å²) in [6.45, 7) is 0. The highest BCUT2D eigenvalue weighted by Gasteiger charge is 2.23. The van der Waals surface area contributed by atoms with Crippen LogP contribution in [0.25, 0.3) is 0 Å². The Hall–Kier alpha value is -1.18. The highest BCUT2D eigenvalue weighted by molar-refractivity contribution is 5.74. The zero-order valence-corrected chi connectivity index (χ0v) is 7.46. The first-order valence-corrected chi connectivity index (χ1v) is 4.01. The fraction of sp³-hybridized carbons (Fsp3) is 0.714. The Labute approximate surface area is 80.3 Å². The van der Waals surface area contributed by atoms with Crippen LogP contribution < -0.4 is 11.5 Å².